The lowest BCUT2D eigenvalue weighted by molar-refractivity contribution is -0.384. The summed E-state index contributed by atoms with van der Waals surface area (Å²) in [5, 5.41) is 11.0. The van der Waals surface area contributed by atoms with Crippen molar-refractivity contribution in [2.24, 2.45) is 5.92 Å². The van der Waals surface area contributed by atoms with Crippen LogP contribution in [-0.4, -0.2) is 53.4 Å². The van der Waals surface area contributed by atoms with Crippen molar-refractivity contribution in [3.05, 3.63) is 69.8 Å². The molecule has 4 rings (SSSR count). The minimum Gasteiger partial charge on any atom is -0.497 e. The van der Waals surface area contributed by atoms with Crippen LogP contribution in [0.15, 0.2) is 48.5 Å². The minimum absolute atomic E-state index is 0.113. The van der Waals surface area contributed by atoms with Crippen molar-refractivity contribution in [1.82, 2.24) is 9.80 Å². The van der Waals surface area contributed by atoms with Crippen molar-refractivity contribution in [3.8, 4) is 5.75 Å². The first-order chi connectivity index (χ1) is 16.4. The quantitative estimate of drug-likeness (QED) is 0.405. The van der Waals surface area contributed by atoms with Crippen LogP contribution in [0.3, 0.4) is 0 Å². The molecule has 0 radical (unpaired) electrons. The molecule has 182 valence electrons. The van der Waals surface area contributed by atoms with Crippen LogP contribution >= 0.6 is 0 Å². The summed E-state index contributed by atoms with van der Waals surface area (Å²) >= 11 is 0. The van der Waals surface area contributed by atoms with E-state index in [1.54, 1.807) is 26.2 Å². The van der Waals surface area contributed by atoms with Gasteiger partial charge in [0.25, 0.3) is 5.69 Å². The van der Waals surface area contributed by atoms with E-state index >= 15 is 0 Å². The van der Waals surface area contributed by atoms with Gasteiger partial charge in [0.1, 0.15) is 5.75 Å². The Balaban J connectivity index is 1.54. The molecule has 1 amide bonds. The van der Waals surface area contributed by atoms with Gasteiger partial charge in [-0.2, -0.15) is 0 Å². The third kappa shape index (κ3) is 5.76. The number of carbonyl (C=O) groups excluding carboxylic acids is 1. The van der Waals surface area contributed by atoms with Crippen LogP contribution in [0.25, 0.3) is 0 Å². The van der Waals surface area contributed by atoms with Crippen molar-refractivity contribution in [1.29, 1.82) is 0 Å². The van der Waals surface area contributed by atoms with E-state index in [9.17, 15) is 14.9 Å². The average molecular weight is 466 g/mol. The molecule has 0 bridgehead atoms. The minimum atomic E-state index is -0.365. The molecule has 2 aliphatic rings. The van der Waals surface area contributed by atoms with Crippen LogP contribution in [0.5, 0.6) is 5.75 Å². The van der Waals surface area contributed by atoms with Crippen molar-refractivity contribution in [3.63, 3.8) is 0 Å². The Kier molecular flexibility index (Phi) is 7.83. The van der Waals surface area contributed by atoms with E-state index in [4.69, 9.17) is 4.74 Å². The Morgan fingerprint density at radius 3 is 2.50 bits per heavy atom. The second-order valence-corrected chi connectivity index (χ2v) is 9.72. The number of likely N-dealkylation sites (tertiary alicyclic amines) is 1. The van der Waals surface area contributed by atoms with Crippen molar-refractivity contribution in [2.45, 2.75) is 57.5 Å². The Labute approximate surface area is 201 Å². The Bertz CT molecular complexity index is 988. The predicted molar refractivity (Wildman–Crippen MR) is 132 cm³/mol. The first-order valence-electron chi connectivity index (χ1n) is 12.3. The summed E-state index contributed by atoms with van der Waals surface area (Å²) in [7, 11) is 1.69. The molecule has 34 heavy (non-hydrogen) atoms. The van der Waals surface area contributed by atoms with Gasteiger partial charge < -0.3 is 9.64 Å². The second kappa shape index (κ2) is 11.0. The summed E-state index contributed by atoms with van der Waals surface area (Å²) in [6.07, 6.45) is 5.86. The zero-order chi connectivity index (χ0) is 24.1. The summed E-state index contributed by atoms with van der Waals surface area (Å²) < 4.78 is 5.48. The predicted octanol–water partition coefficient (Wildman–Crippen LogP) is 5.00. The lowest BCUT2D eigenvalue weighted by atomic mass is 9.87. The van der Waals surface area contributed by atoms with Crippen LogP contribution < -0.4 is 4.74 Å². The standard InChI is InChI=1S/C27H35N3O4/c1-20(31)29(24-8-4-3-5-9-24)18-23-17-28(16-21-11-13-25(14-12-21)30(32)33)19-27(23)22-7-6-10-26(15-22)34-2/h6-7,10-15,23-24,27H,3-5,8-9,16-19H2,1-2H3/t23-,27+/m1/s1. The van der Waals surface area contributed by atoms with Crippen LogP contribution in [0, 0.1) is 16.0 Å². The van der Waals surface area contributed by atoms with Crippen molar-refractivity contribution >= 4 is 11.6 Å². The van der Waals surface area contributed by atoms with E-state index in [1.165, 1.54) is 24.8 Å². The molecule has 2 aromatic rings. The number of amides is 1. The fourth-order valence-corrected chi connectivity index (χ4v) is 5.69. The molecule has 2 fully saturated rings. The summed E-state index contributed by atoms with van der Waals surface area (Å²) in [4.78, 5) is 27.8. The average Bonchev–Trinajstić information content (AvgIpc) is 3.25. The summed E-state index contributed by atoms with van der Waals surface area (Å²) in [6, 6.07) is 15.5. The number of hydrogen-bond donors (Lipinski definition) is 0. The van der Waals surface area contributed by atoms with Gasteiger partial charge in [-0.3, -0.25) is 19.8 Å². The van der Waals surface area contributed by atoms with E-state index in [0.717, 1.165) is 50.3 Å². The first kappa shape index (κ1) is 24.2. The molecule has 0 unspecified atom stereocenters. The summed E-state index contributed by atoms with van der Waals surface area (Å²) in [5.74, 6) is 1.63. The van der Waals surface area contributed by atoms with Gasteiger partial charge in [0.2, 0.25) is 5.91 Å². The highest BCUT2D eigenvalue weighted by Gasteiger charge is 2.37. The molecule has 1 aliphatic heterocycles. The smallest absolute Gasteiger partial charge is 0.269 e. The molecule has 7 heteroatoms. The molecule has 1 saturated carbocycles. The van der Waals surface area contributed by atoms with Gasteiger partial charge in [0.15, 0.2) is 0 Å². The van der Waals surface area contributed by atoms with Gasteiger partial charge in [-0.25, -0.2) is 0 Å². The number of ether oxygens (including phenoxy) is 1. The lowest BCUT2D eigenvalue weighted by Gasteiger charge is -2.36. The number of rotatable bonds is 8. The zero-order valence-corrected chi connectivity index (χ0v) is 20.2. The Morgan fingerprint density at radius 1 is 1.12 bits per heavy atom. The number of methoxy groups -OCH3 is 1. The van der Waals surface area contributed by atoms with Gasteiger partial charge in [0.05, 0.1) is 12.0 Å². The maximum absolute atomic E-state index is 12.7. The van der Waals surface area contributed by atoms with Gasteiger partial charge in [0, 0.05) is 57.2 Å². The molecule has 2 aromatic carbocycles. The van der Waals surface area contributed by atoms with E-state index in [2.05, 4.69) is 21.9 Å². The summed E-state index contributed by atoms with van der Waals surface area (Å²) in [6.45, 7) is 4.97. The lowest BCUT2D eigenvalue weighted by Crippen LogP contribution is -2.44. The number of nitro benzene ring substituents is 1. The zero-order valence-electron chi connectivity index (χ0n) is 20.2. The highest BCUT2D eigenvalue weighted by Crippen LogP contribution is 2.37. The number of carbonyl (C=O) groups is 1. The topological polar surface area (TPSA) is 75.9 Å². The Morgan fingerprint density at radius 2 is 1.85 bits per heavy atom. The molecular formula is C27H35N3O4. The third-order valence-electron chi connectivity index (χ3n) is 7.44. The fraction of sp³-hybridized carbons (Fsp3) is 0.519. The van der Waals surface area contributed by atoms with E-state index in [0.29, 0.717) is 17.9 Å². The number of nitrogens with zero attached hydrogens (tertiary/aromatic N) is 3. The van der Waals surface area contributed by atoms with E-state index in [-0.39, 0.29) is 16.5 Å². The molecule has 7 nitrogen and oxygen atoms in total. The molecule has 0 N–H and O–H groups in total. The summed E-state index contributed by atoms with van der Waals surface area (Å²) in [5.41, 5.74) is 2.41. The van der Waals surface area contributed by atoms with E-state index < -0.39 is 0 Å². The highest BCUT2D eigenvalue weighted by atomic mass is 16.6. The van der Waals surface area contributed by atoms with Crippen molar-refractivity contribution in [2.75, 3.05) is 26.7 Å². The van der Waals surface area contributed by atoms with Gasteiger partial charge in [-0.1, -0.05) is 43.5 Å². The van der Waals surface area contributed by atoms with Gasteiger partial charge >= 0.3 is 0 Å². The van der Waals surface area contributed by atoms with Crippen molar-refractivity contribution < 1.29 is 14.5 Å². The fourth-order valence-electron chi connectivity index (χ4n) is 5.69. The number of hydrogen-bond acceptors (Lipinski definition) is 5. The SMILES string of the molecule is COc1cccc([C@@H]2CN(Cc3ccc([N+](=O)[O-])cc3)C[C@@H]2CN(C(C)=O)C2CCCCC2)c1. The molecule has 0 aromatic heterocycles. The molecule has 2 atom stereocenters. The molecule has 1 heterocycles. The maximum atomic E-state index is 12.7. The van der Waals surface area contributed by atoms with Gasteiger partial charge in [-0.15, -0.1) is 0 Å². The number of nitro groups is 1. The molecule has 1 saturated heterocycles. The highest BCUT2D eigenvalue weighted by molar-refractivity contribution is 5.73. The molecular weight excluding hydrogens is 430 g/mol. The normalized spacial score (nSPS) is 21.4. The van der Waals surface area contributed by atoms with Crippen LogP contribution in [0.2, 0.25) is 0 Å². The van der Waals surface area contributed by atoms with Crippen LogP contribution in [0.4, 0.5) is 5.69 Å². The maximum Gasteiger partial charge on any atom is 0.269 e. The first-order valence-corrected chi connectivity index (χ1v) is 12.3. The monoisotopic (exact) mass is 465 g/mol. The molecule has 1 aliphatic carbocycles. The van der Waals surface area contributed by atoms with E-state index in [1.807, 2.05) is 24.3 Å². The number of non-ortho nitro benzene ring substituents is 1. The second-order valence-electron chi connectivity index (χ2n) is 9.72. The molecule has 0 spiro atoms. The Hall–Kier alpha value is -2.93. The largest absolute Gasteiger partial charge is 0.497 e. The number of benzene rings is 2. The van der Waals surface area contributed by atoms with Gasteiger partial charge in [-0.05, 0) is 42.0 Å². The van der Waals surface area contributed by atoms with Crippen LogP contribution in [0.1, 0.15) is 56.1 Å². The van der Waals surface area contributed by atoms with Crippen LogP contribution in [-0.2, 0) is 11.3 Å². The third-order valence-corrected chi connectivity index (χ3v) is 7.44.